The fourth-order valence-electron chi connectivity index (χ4n) is 3.91. The minimum Gasteiger partial charge on any atom is -0.495 e. The molecule has 2 aromatic rings. The van der Waals surface area contributed by atoms with Gasteiger partial charge in [-0.05, 0) is 31.0 Å². The van der Waals surface area contributed by atoms with E-state index in [2.05, 4.69) is 5.32 Å². The highest BCUT2D eigenvalue weighted by molar-refractivity contribution is 7.89. The van der Waals surface area contributed by atoms with Crippen LogP contribution in [0.5, 0.6) is 17.2 Å². The van der Waals surface area contributed by atoms with Crippen LogP contribution in [0.1, 0.15) is 42.5 Å². The molecule has 1 saturated heterocycles. The summed E-state index contributed by atoms with van der Waals surface area (Å²) in [4.78, 5) is 13.0. The van der Waals surface area contributed by atoms with E-state index in [1.165, 1.54) is 29.6 Å². The molecule has 2 aromatic carbocycles. The van der Waals surface area contributed by atoms with Crippen molar-refractivity contribution in [3.8, 4) is 17.2 Å². The van der Waals surface area contributed by atoms with Gasteiger partial charge >= 0.3 is 0 Å². The zero-order valence-corrected chi connectivity index (χ0v) is 20.0. The third-order valence-corrected chi connectivity index (χ3v) is 7.93. The largest absolute Gasteiger partial charge is 0.495 e. The Hall–Kier alpha value is -2.49. The van der Waals surface area contributed by atoms with Crippen molar-refractivity contribution in [2.45, 2.75) is 37.0 Å². The molecule has 178 valence electrons. The molecule has 0 unspecified atom stereocenters. The maximum Gasteiger partial charge on any atom is 0.255 e. The molecule has 0 aromatic heterocycles. The van der Waals surface area contributed by atoms with E-state index >= 15 is 0 Å². The van der Waals surface area contributed by atoms with Crippen LogP contribution in [0.15, 0.2) is 35.2 Å². The normalized spacial score (nSPS) is 17.0. The van der Waals surface area contributed by atoms with Crippen LogP contribution in [-0.2, 0) is 10.0 Å². The van der Waals surface area contributed by atoms with Crippen molar-refractivity contribution in [1.82, 2.24) is 4.31 Å². The molecule has 0 radical (unpaired) electrons. The lowest BCUT2D eigenvalue weighted by atomic mass is 10.2. The number of fused-ring (bicyclic) bond motifs is 1. The number of sulfonamides is 1. The minimum atomic E-state index is -3.82. The van der Waals surface area contributed by atoms with E-state index < -0.39 is 15.9 Å². The summed E-state index contributed by atoms with van der Waals surface area (Å²) in [6.07, 6.45) is 4.37. The van der Waals surface area contributed by atoms with Gasteiger partial charge in [0.15, 0.2) is 11.5 Å². The van der Waals surface area contributed by atoms with Crippen LogP contribution in [0.25, 0.3) is 0 Å². The maximum absolute atomic E-state index is 13.4. The van der Waals surface area contributed by atoms with Crippen LogP contribution in [0.4, 0.5) is 5.69 Å². The Balaban J connectivity index is 1.62. The van der Waals surface area contributed by atoms with Crippen molar-refractivity contribution < 1.29 is 27.4 Å². The zero-order valence-electron chi connectivity index (χ0n) is 18.4. The molecule has 1 fully saturated rings. The lowest BCUT2D eigenvalue weighted by Crippen LogP contribution is -2.32. The SMILES string of the molecule is COc1ccc(C(=O)Nc2cc3c(cc2Cl)OCCCO3)cc1S(=O)(=O)N1CCCCCC1. The molecule has 33 heavy (non-hydrogen) atoms. The summed E-state index contributed by atoms with van der Waals surface area (Å²) >= 11 is 6.34. The number of nitrogens with zero attached hydrogens (tertiary/aromatic N) is 1. The van der Waals surface area contributed by atoms with E-state index in [-0.39, 0.29) is 16.2 Å². The second kappa shape index (κ2) is 10.2. The van der Waals surface area contributed by atoms with Gasteiger partial charge in [-0.15, -0.1) is 0 Å². The number of nitrogens with one attached hydrogen (secondary N) is 1. The molecule has 0 bridgehead atoms. The Kier molecular flexibility index (Phi) is 7.31. The van der Waals surface area contributed by atoms with Gasteiger partial charge in [0.25, 0.3) is 5.91 Å². The van der Waals surface area contributed by atoms with Gasteiger partial charge in [-0.3, -0.25) is 4.79 Å². The summed E-state index contributed by atoms with van der Waals surface area (Å²) in [5.74, 6) is 0.711. The first-order chi connectivity index (χ1) is 15.9. The van der Waals surface area contributed by atoms with E-state index in [1.54, 1.807) is 12.1 Å². The summed E-state index contributed by atoms with van der Waals surface area (Å²) < 4.78 is 44.8. The molecule has 0 saturated carbocycles. The van der Waals surface area contributed by atoms with Crippen molar-refractivity contribution in [3.63, 3.8) is 0 Å². The molecule has 1 amide bonds. The molecule has 2 heterocycles. The molecule has 2 aliphatic rings. The highest BCUT2D eigenvalue weighted by Gasteiger charge is 2.29. The van der Waals surface area contributed by atoms with Gasteiger partial charge in [-0.1, -0.05) is 24.4 Å². The van der Waals surface area contributed by atoms with Gasteiger partial charge in [0.05, 0.1) is 31.0 Å². The number of anilines is 1. The van der Waals surface area contributed by atoms with Gasteiger partial charge in [0.2, 0.25) is 10.0 Å². The van der Waals surface area contributed by atoms with Crippen molar-refractivity contribution in [3.05, 3.63) is 40.9 Å². The van der Waals surface area contributed by atoms with E-state index in [0.29, 0.717) is 48.5 Å². The van der Waals surface area contributed by atoms with Crippen molar-refractivity contribution in [1.29, 1.82) is 0 Å². The molecule has 0 atom stereocenters. The predicted octanol–water partition coefficient (Wildman–Crippen LogP) is 4.33. The average Bonchev–Trinajstić information content (AvgIpc) is 3.22. The Bertz CT molecular complexity index is 1130. The number of carbonyl (C=O) groups excluding carboxylic acids is 1. The standard InChI is InChI=1S/C23H27ClN2O6S/c1-30-19-8-7-16(13-22(19)33(28,29)26-9-4-2-3-5-10-26)23(27)25-18-15-21-20(14-17(18)24)31-11-6-12-32-21/h7-8,13-15H,2-6,9-12H2,1H3,(H,25,27). The smallest absolute Gasteiger partial charge is 0.255 e. The summed E-state index contributed by atoms with van der Waals surface area (Å²) in [5.41, 5.74) is 0.519. The monoisotopic (exact) mass is 494 g/mol. The van der Waals surface area contributed by atoms with Crippen LogP contribution in [0.3, 0.4) is 0 Å². The molecule has 2 aliphatic heterocycles. The summed E-state index contributed by atoms with van der Waals surface area (Å²) in [5, 5.41) is 3.04. The number of amides is 1. The Morgan fingerprint density at radius 1 is 1.00 bits per heavy atom. The predicted molar refractivity (Wildman–Crippen MR) is 125 cm³/mol. The second-order valence-corrected chi connectivity index (χ2v) is 10.3. The Labute approximate surface area is 198 Å². The number of halogens is 1. The van der Waals surface area contributed by atoms with Crippen LogP contribution < -0.4 is 19.5 Å². The fraction of sp³-hybridized carbons (Fsp3) is 0.435. The lowest BCUT2D eigenvalue weighted by Gasteiger charge is -2.21. The quantitative estimate of drug-likeness (QED) is 0.665. The molecule has 0 aliphatic carbocycles. The first-order valence-electron chi connectivity index (χ1n) is 11.0. The zero-order chi connectivity index (χ0) is 23.4. The first-order valence-corrected chi connectivity index (χ1v) is 12.8. The highest BCUT2D eigenvalue weighted by atomic mass is 35.5. The topological polar surface area (TPSA) is 94.2 Å². The molecule has 4 rings (SSSR count). The van der Waals surface area contributed by atoms with E-state index in [9.17, 15) is 13.2 Å². The number of carbonyl (C=O) groups is 1. The van der Waals surface area contributed by atoms with E-state index in [0.717, 1.165) is 32.1 Å². The third kappa shape index (κ3) is 5.20. The summed E-state index contributed by atoms with van der Waals surface area (Å²) in [7, 11) is -2.40. The number of ether oxygens (including phenoxy) is 3. The maximum atomic E-state index is 13.4. The Morgan fingerprint density at radius 3 is 2.33 bits per heavy atom. The van der Waals surface area contributed by atoms with Gasteiger partial charge in [-0.25, -0.2) is 8.42 Å². The highest BCUT2D eigenvalue weighted by Crippen LogP contribution is 2.38. The van der Waals surface area contributed by atoms with Gasteiger partial charge in [0, 0.05) is 37.2 Å². The van der Waals surface area contributed by atoms with Crippen LogP contribution in [0.2, 0.25) is 5.02 Å². The summed E-state index contributed by atoms with van der Waals surface area (Å²) in [6.45, 7) is 1.93. The molecule has 10 heteroatoms. The fourth-order valence-corrected chi connectivity index (χ4v) is 5.81. The molecule has 0 spiro atoms. The third-order valence-electron chi connectivity index (χ3n) is 5.69. The molecule has 8 nitrogen and oxygen atoms in total. The van der Waals surface area contributed by atoms with Crippen molar-refractivity contribution in [2.24, 2.45) is 0 Å². The van der Waals surface area contributed by atoms with E-state index in [4.69, 9.17) is 25.8 Å². The van der Waals surface area contributed by atoms with Crippen molar-refractivity contribution >= 4 is 33.2 Å². The number of rotatable bonds is 5. The second-order valence-electron chi connectivity index (χ2n) is 7.97. The number of methoxy groups -OCH3 is 1. The van der Waals surface area contributed by atoms with Crippen LogP contribution in [0, 0.1) is 0 Å². The van der Waals surface area contributed by atoms with Gasteiger partial charge in [0.1, 0.15) is 10.6 Å². The van der Waals surface area contributed by atoms with Crippen LogP contribution >= 0.6 is 11.6 Å². The first kappa shape index (κ1) is 23.7. The van der Waals surface area contributed by atoms with Gasteiger partial charge < -0.3 is 19.5 Å². The number of benzene rings is 2. The van der Waals surface area contributed by atoms with Crippen LogP contribution in [-0.4, -0.2) is 52.0 Å². The average molecular weight is 495 g/mol. The lowest BCUT2D eigenvalue weighted by molar-refractivity contribution is 0.102. The minimum absolute atomic E-state index is 0.0238. The number of hydrogen-bond donors (Lipinski definition) is 1. The molecule has 1 N–H and O–H groups in total. The Morgan fingerprint density at radius 2 is 1.67 bits per heavy atom. The van der Waals surface area contributed by atoms with Gasteiger partial charge in [-0.2, -0.15) is 4.31 Å². The molecular formula is C23H27ClN2O6S. The van der Waals surface area contributed by atoms with Crippen molar-refractivity contribution in [2.75, 3.05) is 38.7 Å². The van der Waals surface area contributed by atoms with E-state index in [1.807, 2.05) is 0 Å². The molecular weight excluding hydrogens is 468 g/mol. The summed E-state index contributed by atoms with van der Waals surface area (Å²) in [6, 6.07) is 7.58. The number of hydrogen-bond acceptors (Lipinski definition) is 6.